The van der Waals surface area contributed by atoms with Gasteiger partial charge < -0.3 is 14.2 Å². The van der Waals surface area contributed by atoms with E-state index >= 15 is 0 Å². The number of cyclic esters (lactones) is 1. The van der Waals surface area contributed by atoms with Gasteiger partial charge in [-0.2, -0.15) is 0 Å². The van der Waals surface area contributed by atoms with Crippen molar-refractivity contribution in [2.24, 2.45) is 4.99 Å². The van der Waals surface area contributed by atoms with Gasteiger partial charge in [-0.15, -0.1) is 0 Å². The summed E-state index contributed by atoms with van der Waals surface area (Å²) in [6.45, 7) is 3.89. The van der Waals surface area contributed by atoms with Gasteiger partial charge in [0, 0.05) is 11.6 Å². The van der Waals surface area contributed by atoms with E-state index in [-0.39, 0.29) is 35.5 Å². The Kier molecular flexibility index (Phi) is 6.72. The molecule has 0 unspecified atom stereocenters. The molecule has 1 aliphatic heterocycles. The maximum atomic E-state index is 12.4. The summed E-state index contributed by atoms with van der Waals surface area (Å²) in [6.07, 6.45) is 1.52. The number of carbonyl (C=O) groups is 1. The highest BCUT2D eigenvalue weighted by Crippen LogP contribution is 2.39. The van der Waals surface area contributed by atoms with Gasteiger partial charge in [-0.05, 0) is 55.3 Å². The molecule has 0 bridgehead atoms. The quantitative estimate of drug-likeness (QED) is 0.178. The van der Waals surface area contributed by atoms with Crippen molar-refractivity contribution in [1.29, 1.82) is 0 Å². The molecule has 0 spiro atoms. The van der Waals surface area contributed by atoms with E-state index < -0.39 is 27.2 Å². The Hall–Kier alpha value is -5.06. The molecule has 11 heteroatoms. The normalized spacial score (nSPS) is 13.8. The second kappa shape index (κ2) is 10.1. The molecule has 0 saturated carbocycles. The molecule has 1 heterocycles. The van der Waals surface area contributed by atoms with Crippen molar-refractivity contribution in [3.8, 4) is 17.2 Å². The Bertz CT molecular complexity index is 1440. The molecule has 4 rings (SSSR count). The number of non-ortho nitro benzene ring substituents is 1. The molecule has 0 N–H and O–H groups in total. The fraction of sp³-hybridized carbons (Fsp3) is 0.120. The highest BCUT2D eigenvalue weighted by Gasteiger charge is 2.26. The first kappa shape index (κ1) is 24.1. The molecule has 0 atom stereocenters. The molecule has 0 aliphatic carbocycles. The summed E-state index contributed by atoms with van der Waals surface area (Å²) in [5.74, 6) is -0.194. The number of carbonyl (C=O) groups excluding carboxylic acids is 1. The summed E-state index contributed by atoms with van der Waals surface area (Å²) >= 11 is 0. The SMILES string of the molecule is CCOc1cc(/C=C2\N=C(c3ccccc3C)OC2=O)ccc1Oc1ccc([N+](=O)[O-])cc1[N+](=O)[O-]. The highest BCUT2D eigenvalue weighted by atomic mass is 16.6. The number of esters is 1. The van der Waals surface area contributed by atoms with Crippen molar-refractivity contribution >= 4 is 29.3 Å². The molecule has 0 radical (unpaired) electrons. The first-order valence-electron chi connectivity index (χ1n) is 10.7. The number of hydrogen-bond acceptors (Lipinski definition) is 9. The zero-order valence-electron chi connectivity index (χ0n) is 19.2. The summed E-state index contributed by atoms with van der Waals surface area (Å²) in [5, 5.41) is 22.4. The van der Waals surface area contributed by atoms with Crippen LogP contribution in [-0.4, -0.2) is 28.3 Å². The number of aliphatic imine (C=N–C) groups is 1. The number of nitrogens with zero attached hydrogens (tertiary/aromatic N) is 3. The van der Waals surface area contributed by atoms with E-state index in [1.165, 1.54) is 12.1 Å². The minimum atomic E-state index is -0.767. The number of ether oxygens (including phenoxy) is 3. The van der Waals surface area contributed by atoms with Gasteiger partial charge in [-0.3, -0.25) is 20.2 Å². The van der Waals surface area contributed by atoms with Crippen molar-refractivity contribution < 1.29 is 28.9 Å². The van der Waals surface area contributed by atoms with Crippen molar-refractivity contribution in [3.05, 3.63) is 103 Å². The molecule has 3 aromatic carbocycles. The summed E-state index contributed by atoms with van der Waals surface area (Å²) in [4.78, 5) is 37.6. The standard InChI is InChI=1S/C25H19N3O8/c1-3-34-23-13-16(12-19-25(29)36-24(26-19)18-7-5-4-6-15(18)2)8-10-22(23)35-21-11-9-17(27(30)31)14-20(21)28(32)33/h4-14H,3H2,1-2H3/b19-12-. The first-order chi connectivity index (χ1) is 17.3. The topological polar surface area (TPSA) is 143 Å². The Morgan fingerprint density at radius 1 is 0.972 bits per heavy atom. The van der Waals surface area contributed by atoms with Crippen LogP contribution in [0.2, 0.25) is 0 Å². The number of rotatable bonds is 8. The van der Waals surface area contributed by atoms with E-state index in [1.807, 2.05) is 25.1 Å². The zero-order valence-corrected chi connectivity index (χ0v) is 19.2. The van der Waals surface area contributed by atoms with Crippen molar-refractivity contribution in [1.82, 2.24) is 0 Å². The lowest BCUT2D eigenvalue weighted by Crippen LogP contribution is -2.06. The molecule has 182 valence electrons. The molecule has 0 saturated heterocycles. The van der Waals surface area contributed by atoms with E-state index in [9.17, 15) is 25.0 Å². The minimum absolute atomic E-state index is 0.0929. The maximum absolute atomic E-state index is 12.4. The first-order valence-corrected chi connectivity index (χ1v) is 10.7. The molecule has 3 aromatic rings. The number of nitro benzene ring substituents is 2. The van der Waals surface area contributed by atoms with Crippen LogP contribution < -0.4 is 9.47 Å². The smallest absolute Gasteiger partial charge is 0.363 e. The predicted octanol–water partition coefficient (Wildman–Crippen LogP) is 5.35. The van der Waals surface area contributed by atoms with E-state index in [1.54, 1.807) is 25.1 Å². The van der Waals surface area contributed by atoms with E-state index in [2.05, 4.69) is 4.99 Å². The fourth-order valence-corrected chi connectivity index (χ4v) is 3.43. The van der Waals surface area contributed by atoms with Crippen molar-refractivity contribution in [2.75, 3.05) is 6.61 Å². The second-order valence-electron chi connectivity index (χ2n) is 7.56. The van der Waals surface area contributed by atoms with Gasteiger partial charge in [0.05, 0.1) is 22.5 Å². The Morgan fingerprint density at radius 2 is 1.72 bits per heavy atom. The van der Waals surface area contributed by atoms with Crippen LogP contribution in [0.5, 0.6) is 17.2 Å². The average molecular weight is 489 g/mol. The van der Waals surface area contributed by atoms with Crippen LogP contribution in [0.1, 0.15) is 23.6 Å². The lowest BCUT2D eigenvalue weighted by atomic mass is 10.1. The predicted molar refractivity (Wildman–Crippen MR) is 129 cm³/mol. The zero-order chi connectivity index (χ0) is 25.8. The van der Waals surface area contributed by atoms with Crippen LogP contribution in [0, 0.1) is 27.2 Å². The second-order valence-corrected chi connectivity index (χ2v) is 7.56. The molecular weight excluding hydrogens is 470 g/mol. The van der Waals surface area contributed by atoms with Crippen molar-refractivity contribution in [3.63, 3.8) is 0 Å². The minimum Gasteiger partial charge on any atom is -0.490 e. The van der Waals surface area contributed by atoms with Gasteiger partial charge in [-0.1, -0.05) is 24.3 Å². The van der Waals surface area contributed by atoms with Crippen LogP contribution >= 0.6 is 0 Å². The van der Waals surface area contributed by atoms with Crippen LogP contribution in [0.4, 0.5) is 11.4 Å². The Balaban J connectivity index is 1.66. The number of hydrogen-bond donors (Lipinski definition) is 0. The van der Waals surface area contributed by atoms with Crippen LogP contribution in [-0.2, 0) is 9.53 Å². The molecule has 11 nitrogen and oxygen atoms in total. The van der Waals surface area contributed by atoms with Crippen LogP contribution in [0.15, 0.2) is 71.4 Å². The van der Waals surface area contributed by atoms with Gasteiger partial charge in [0.2, 0.25) is 11.6 Å². The fourth-order valence-electron chi connectivity index (χ4n) is 3.43. The summed E-state index contributed by atoms with van der Waals surface area (Å²) in [5.41, 5.74) is 1.25. The third-order valence-electron chi connectivity index (χ3n) is 5.14. The van der Waals surface area contributed by atoms with E-state index in [0.29, 0.717) is 11.1 Å². The number of nitro groups is 2. The Labute approximate surface area is 204 Å². The lowest BCUT2D eigenvalue weighted by molar-refractivity contribution is -0.394. The molecular formula is C25H19N3O8. The lowest BCUT2D eigenvalue weighted by Gasteiger charge is -2.12. The van der Waals surface area contributed by atoms with Crippen molar-refractivity contribution in [2.45, 2.75) is 13.8 Å². The molecule has 36 heavy (non-hydrogen) atoms. The maximum Gasteiger partial charge on any atom is 0.363 e. The average Bonchev–Trinajstić information content (AvgIpc) is 3.20. The van der Waals surface area contributed by atoms with Gasteiger partial charge in [-0.25, -0.2) is 9.79 Å². The summed E-state index contributed by atoms with van der Waals surface area (Å²) < 4.78 is 16.7. The Morgan fingerprint density at radius 3 is 2.42 bits per heavy atom. The summed E-state index contributed by atoms with van der Waals surface area (Å²) in [6, 6.07) is 15.2. The van der Waals surface area contributed by atoms with Gasteiger partial charge in [0.25, 0.3) is 5.69 Å². The third kappa shape index (κ3) is 5.04. The molecule has 0 amide bonds. The van der Waals surface area contributed by atoms with Gasteiger partial charge >= 0.3 is 11.7 Å². The van der Waals surface area contributed by atoms with E-state index in [0.717, 1.165) is 23.8 Å². The third-order valence-corrected chi connectivity index (χ3v) is 5.14. The largest absolute Gasteiger partial charge is 0.490 e. The van der Waals surface area contributed by atoms with E-state index in [4.69, 9.17) is 14.2 Å². The molecule has 0 fully saturated rings. The van der Waals surface area contributed by atoms with Crippen LogP contribution in [0.3, 0.4) is 0 Å². The number of aryl methyl sites for hydroxylation is 1. The monoisotopic (exact) mass is 489 g/mol. The molecule has 0 aromatic heterocycles. The highest BCUT2D eigenvalue weighted by molar-refractivity contribution is 6.13. The number of benzene rings is 3. The van der Waals surface area contributed by atoms with Gasteiger partial charge in [0.1, 0.15) is 0 Å². The van der Waals surface area contributed by atoms with Gasteiger partial charge in [0.15, 0.2) is 17.2 Å². The van der Waals surface area contributed by atoms with Crippen LogP contribution in [0.25, 0.3) is 6.08 Å². The molecule has 1 aliphatic rings. The summed E-state index contributed by atoms with van der Waals surface area (Å²) in [7, 11) is 0.